The van der Waals surface area contributed by atoms with Gasteiger partial charge >= 0.3 is 78.4 Å². The molecule has 0 aliphatic heterocycles. The van der Waals surface area contributed by atoms with E-state index in [0.29, 0.717) is 0 Å². The molecule has 0 aromatic heterocycles. The zero-order chi connectivity index (χ0) is 0. The van der Waals surface area contributed by atoms with E-state index < -0.39 is 0 Å². The first-order valence-corrected chi connectivity index (χ1v) is 0. The van der Waals surface area contributed by atoms with E-state index in [-0.39, 0.29) is 162 Å². The van der Waals surface area contributed by atoms with Crippen molar-refractivity contribution in [2.75, 3.05) is 0 Å². The number of hydrogen-bond donors (Lipinski definition) is 0. The number of halogens is 1. The van der Waals surface area contributed by atoms with Crippen molar-refractivity contribution < 1.29 is 95.7 Å². The Balaban J connectivity index is 0. The summed E-state index contributed by atoms with van der Waals surface area (Å²) in [5, 5.41) is 0. The molecular weight excluding hydrogens is 524 g/mol. The molecule has 6 heteroatoms. The average Bonchev–Trinajstić information content (AvgIpc) is 0. The predicted molar refractivity (Wildman–Crippen MR) is 18.5 cm³/mol. The van der Waals surface area contributed by atoms with Gasteiger partial charge in [0.2, 0.25) is 0 Å². The van der Waals surface area contributed by atoms with Gasteiger partial charge in [-0.2, -0.15) is 0 Å². The maximum atomic E-state index is 0. The monoisotopic (exact) mass is 531 g/mol. The molecule has 25 valence electrons. The van der Waals surface area contributed by atoms with Crippen LogP contribution in [0.4, 0.5) is 0 Å². The van der Waals surface area contributed by atoms with Gasteiger partial charge in [-0.3, -0.25) is 0 Å². The molecule has 0 aromatic carbocycles. The number of hydrogen-bond acceptors (Lipinski definition) is 0. The molecule has 0 saturated heterocycles. The van der Waals surface area contributed by atoms with Crippen LogP contribution in [0.1, 0.15) is 0 Å². The van der Waals surface area contributed by atoms with Gasteiger partial charge in [0.05, 0.1) is 0 Å². The Labute approximate surface area is 157 Å². The van der Waals surface area contributed by atoms with E-state index in [1.54, 1.807) is 0 Å². The Morgan fingerprint density at radius 2 is 1.00 bits per heavy atom. The van der Waals surface area contributed by atoms with E-state index >= 15 is 0 Å². The molecule has 0 atom stereocenters. The Kier molecular flexibility index (Phi) is 233. The van der Waals surface area contributed by atoms with Gasteiger partial charge in [0.25, 0.3) is 0 Å². The Bertz CT molecular complexity index is 15.5. The molecule has 0 saturated carbocycles. The normalized spacial score (nSPS) is 0. The van der Waals surface area contributed by atoms with Crippen molar-refractivity contribution in [3.05, 3.63) is 0 Å². The minimum absolute atomic E-state index is 0. The molecule has 0 unspecified atom stereocenters. The van der Waals surface area contributed by atoms with Crippen molar-refractivity contribution in [3.8, 4) is 0 Å². The van der Waals surface area contributed by atoms with E-state index in [4.69, 9.17) is 0 Å². The molecule has 0 aromatic rings. The maximum Gasteiger partial charge on any atom is 1.00 e. The SMILES string of the molecule is [AlH3].[BaH2].[F-].[Hf].[La].[Na+]. The van der Waals surface area contributed by atoms with Gasteiger partial charge in [0.15, 0.2) is 17.4 Å². The second-order valence-electron chi connectivity index (χ2n) is 0. The van der Waals surface area contributed by atoms with Gasteiger partial charge in [-0.05, 0) is 0 Å². The van der Waals surface area contributed by atoms with Crippen LogP contribution in [0.15, 0.2) is 0 Å². The molecule has 0 bridgehead atoms. The van der Waals surface area contributed by atoms with E-state index in [9.17, 15) is 0 Å². The maximum absolute atomic E-state index is 0. The van der Waals surface area contributed by atoms with Crippen LogP contribution < -0.4 is 34.3 Å². The minimum atomic E-state index is 0. The fraction of sp³-hybridized carbons (Fsp3) is 0. The third kappa shape index (κ3) is 23.0. The predicted octanol–water partition coefficient (Wildman–Crippen LogP) is -8.09. The first-order valence-electron chi connectivity index (χ1n) is 0. The molecule has 0 spiro atoms. The fourth-order valence-corrected chi connectivity index (χ4v) is 0. The van der Waals surface area contributed by atoms with Crippen LogP contribution in [0, 0.1) is 35.6 Å². The van der Waals surface area contributed by atoms with Crippen LogP contribution in [0.25, 0.3) is 0 Å². The van der Waals surface area contributed by atoms with Crippen LogP contribution in [-0.2, 0) is 25.8 Å². The van der Waals surface area contributed by atoms with Crippen molar-refractivity contribution in [3.63, 3.8) is 0 Å². The Morgan fingerprint density at radius 3 is 1.00 bits per heavy atom. The van der Waals surface area contributed by atoms with Crippen LogP contribution >= 0.6 is 0 Å². The summed E-state index contributed by atoms with van der Waals surface area (Å²) < 4.78 is 0. The summed E-state index contributed by atoms with van der Waals surface area (Å²) in [6, 6.07) is 0. The van der Waals surface area contributed by atoms with Crippen LogP contribution in [0.2, 0.25) is 0 Å². The van der Waals surface area contributed by atoms with Crippen molar-refractivity contribution >= 4 is 66.2 Å². The topological polar surface area (TPSA) is 0 Å². The van der Waals surface area contributed by atoms with Crippen LogP contribution in [-0.4, -0.2) is 66.2 Å². The van der Waals surface area contributed by atoms with Crippen molar-refractivity contribution in [2.24, 2.45) is 0 Å². The van der Waals surface area contributed by atoms with Crippen molar-refractivity contribution in [2.45, 2.75) is 0 Å². The van der Waals surface area contributed by atoms with E-state index in [1.165, 1.54) is 0 Å². The summed E-state index contributed by atoms with van der Waals surface area (Å²) in [7, 11) is 0. The summed E-state index contributed by atoms with van der Waals surface area (Å²) in [5.41, 5.74) is 0. The first-order chi connectivity index (χ1) is 0. The Hall–Kier alpha value is 5.10. The van der Waals surface area contributed by atoms with Crippen molar-refractivity contribution in [1.29, 1.82) is 0 Å². The molecule has 0 heterocycles. The third-order valence-electron chi connectivity index (χ3n) is 0. The molecule has 0 rings (SSSR count). The average molecular weight is 529 g/mol. The third-order valence-corrected chi connectivity index (χ3v) is 0. The quantitative estimate of drug-likeness (QED) is 0.274. The summed E-state index contributed by atoms with van der Waals surface area (Å²) in [6.07, 6.45) is 0. The van der Waals surface area contributed by atoms with Gasteiger partial charge in [-0.1, -0.05) is 0 Å². The molecule has 0 amide bonds. The van der Waals surface area contributed by atoms with Crippen molar-refractivity contribution in [1.82, 2.24) is 0 Å². The fourth-order valence-electron chi connectivity index (χ4n) is 0. The van der Waals surface area contributed by atoms with Gasteiger partial charge in [0.1, 0.15) is 0 Å². The smallest absolute Gasteiger partial charge is 1.00 e. The molecule has 0 fully saturated rings. The standard InChI is InChI=1S/Al.Ba.FH.Hf.La.Na.5H/h;;1H;;;;;;;;/q;;;;;+1;;;;;/p-1. The molecular formula is H5AlBaFHfLaNa. The van der Waals surface area contributed by atoms with Gasteiger partial charge in [-0.15, -0.1) is 0 Å². The summed E-state index contributed by atoms with van der Waals surface area (Å²) in [6.45, 7) is 0. The molecule has 0 aliphatic carbocycles. The number of rotatable bonds is 0. The van der Waals surface area contributed by atoms with Crippen LogP contribution in [0.3, 0.4) is 0 Å². The molecule has 6 heavy (non-hydrogen) atoms. The van der Waals surface area contributed by atoms with Gasteiger partial charge in [-0.25, -0.2) is 0 Å². The zero-order valence-corrected chi connectivity index (χ0v) is 11.7. The zero-order valence-electron chi connectivity index (χ0n) is 2.46. The summed E-state index contributed by atoms with van der Waals surface area (Å²) in [4.78, 5) is 0. The van der Waals surface area contributed by atoms with Gasteiger partial charge < -0.3 is 4.70 Å². The molecule has 0 N–H and O–H groups in total. The second-order valence-corrected chi connectivity index (χ2v) is 0. The molecule has 0 aliphatic rings. The summed E-state index contributed by atoms with van der Waals surface area (Å²) in [5.74, 6) is 0. The largest absolute Gasteiger partial charge is 1.00 e. The van der Waals surface area contributed by atoms with E-state index in [1.807, 2.05) is 0 Å². The minimum Gasteiger partial charge on any atom is -1.00 e. The van der Waals surface area contributed by atoms with Gasteiger partial charge in [0, 0.05) is 61.4 Å². The molecule has 1 radical (unpaired) electrons. The second kappa shape index (κ2) is 32.2. The molecule has 0 nitrogen and oxygen atoms in total. The van der Waals surface area contributed by atoms with E-state index in [2.05, 4.69) is 0 Å². The Morgan fingerprint density at radius 1 is 1.00 bits per heavy atom. The first kappa shape index (κ1) is 43.5. The van der Waals surface area contributed by atoms with Crippen LogP contribution in [0.5, 0.6) is 0 Å². The summed E-state index contributed by atoms with van der Waals surface area (Å²) >= 11 is 0. The van der Waals surface area contributed by atoms with E-state index in [0.717, 1.165) is 0 Å².